The molecule has 24 heavy (non-hydrogen) atoms. The van der Waals surface area contributed by atoms with Gasteiger partial charge in [0.05, 0.1) is 6.54 Å². The molecule has 0 aliphatic carbocycles. The SMILES string of the molecule is CCc1ccccc1NC(=O)CC(C)NCc1nnc2n1CCC2. The smallest absolute Gasteiger partial charge is 0.225 e. The van der Waals surface area contributed by atoms with Crippen molar-refractivity contribution in [2.24, 2.45) is 0 Å². The summed E-state index contributed by atoms with van der Waals surface area (Å²) >= 11 is 0. The first-order valence-electron chi connectivity index (χ1n) is 8.69. The second kappa shape index (κ2) is 7.57. The fraction of sp³-hybridized carbons (Fsp3) is 0.500. The van der Waals surface area contributed by atoms with Crippen LogP contribution in [0.3, 0.4) is 0 Å². The number of aryl methyl sites for hydroxylation is 2. The molecule has 6 nitrogen and oxygen atoms in total. The Labute approximate surface area is 142 Å². The van der Waals surface area contributed by atoms with Crippen LogP contribution in [0.5, 0.6) is 0 Å². The number of rotatable bonds is 7. The van der Waals surface area contributed by atoms with Crippen LogP contribution in [0, 0.1) is 0 Å². The number of aromatic nitrogens is 3. The Hall–Kier alpha value is -2.21. The number of carbonyl (C=O) groups excluding carboxylic acids is 1. The minimum Gasteiger partial charge on any atom is -0.326 e. The van der Waals surface area contributed by atoms with Gasteiger partial charge in [-0.1, -0.05) is 25.1 Å². The lowest BCUT2D eigenvalue weighted by atomic mass is 10.1. The molecule has 0 saturated heterocycles. The molecule has 1 atom stereocenters. The molecule has 1 aromatic carbocycles. The third-order valence-corrected chi connectivity index (χ3v) is 4.46. The number of amides is 1. The number of hydrogen-bond acceptors (Lipinski definition) is 4. The van der Waals surface area contributed by atoms with E-state index in [1.165, 1.54) is 0 Å². The molecule has 0 fully saturated rings. The van der Waals surface area contributed by atoms with Gasteiger partial charge in [-0.3, -0.25) is 4.79 Å². The first kappa shape index (κ1) is 16.6. The van der Waals surface area contributed by atoms with Crippen molar-refractivity contribution in [3.63, 3.8) is 0 Å². The van der Waals surface area contributed by atoms with E-state index in [0.29, 0.717) is 13.0 Å². The third kappa shape index (κ3) is 3.82. The van der Waals surface area contributed by atoms with Crippen molar-refractivity contribution < 1.29 is 4.79 Å². The van der Waals surface area contributed by atoms with Crippen LogP contribution in [0.2, 0.25) is 0 Å². The summed E-state index contributed by atoms with van der Waals surface area (Å²) in [5.74, 6) is 2.07. The Kier molecular flexibility index (Phi) is 5.25. The summed E-state index contributed by atoms with van der Waals surface area (Å²) in [4.78, 5) is 12.3. The zero-order chi connectivity index (χ0) is 16.9. The van der Waals surface area contributed by atoms with Crippen molar-refractivity contribution in [1.29, 1.82) is 0 Å². The van der Waals surface area contributed by atoms with Crippen LogP contribution >= 0.6 is 0 Å². The molecule has 0 radical (unpaired) electrons. The zero-order valence-electron chi connectivity index (χ0n) is 14.4. The monoisotopic (exact) mass is 327 g/mol. The Bertz CT molecular complexity index is 709. The molecule has 1 unspecified atom stereocenters. The van der Waals surface area contributed by atoms with Crippen molar-refractivity contribution in [1.82, 2.24) is 20.1 Å². The second-order valence-corrected chi connectivity index (χ2v) is 6.33. The fourth-order valence-corrected chi connectivity index (χ4v) is 3.11. The van der Waals surface area contributed by atoms with Crippen LogP contribution in [0.4, 0.5) is 5.69 Å². The molecule has 128 valence electrons. The third-order valence-electron chi connectivity index (χ3n) is 4.46. The average molecular weight is 327 g/mol. The molecule has 2 heterocycles. The molecule has 0 bridgehead atoms. The normalized spacial score (nSPS) is 14.4. The van der Waals surface area contributed by atoms with Crippen molar-refractivity contribution in [2.75, 3.05) is 5.32 Å². The van der Waals surface area contributed by atoms with Crippen molar-refractivity contribution >= 4 is 11.6 Å². The number of hydrogen-bond donors (Lipinski definition) is 2. The van der Waals surface area contributed by atoms with Crippen LogP contribution in [-0.4, -0.2) is 26.7 Å². The van der Waals surface area contributed by atoms with Crippen LogP contribution in [-0.2, 0) is 30.7 Å². The average Bonchev–Trinajstić information content (AvgIpc) is 3.17. The Morgan fingerprint density at radius 3 is 3.00 bits per heavy atom. The standard InChI is InChI=1S/C18H25N5O/c1-3-14-7-4-5-8-15(14)20-18(24)11-13(2)19-12-17-22-21-16-9-6-10-23(16)17/h4-5,7-8,13,19H,3,6,9-12H2,1-2H3,(H,20,24). The second-order valence-electron chi connectivity index (χ2n) is 6.33. The summed E-state index contributed by atoms with van der Waals surface area (Å²) in [6.45, 7) is 5.76. The Morgan fingerprint density at radius 2 is 2.17 bits per heavy atom. The lowest BCUT2D eigenvalue weighted by Gasteiger charge is -2.15. The van der Waals surface area contributed by atoms with E-state index in [0.717, 1.165) is 48.7 Å². The van der Waals surface area contributed by atoms with E-state index in [2.05, 4.69) is 32.3 Å². The predicted molar refractivity (Wildman–Crippen MR) is 93.7 cm³/mol. The van der Waals surface area contributed by atoms with Gasteiger partial charge in [0.2, 0.25) is 5.91 Å². The molecule has 1 aromatic heterocycles. The van der Waals surface area contributed by atoms with Crippen molar-refractivity contribution in [3.05, 3.63) is 41.5 Å². The topological polar surface area (TPSA) is 71.8 Å². The minimum atomic E-state index is 0.0300. The van der Waals surface area contributed by atoms with Gasteiger partial charge in [0.25, 0.3) is 0 Å². The van der Waals surface area contributed by atoms with E-state index in [9.17, 15) is 4.79 Å². The first-order valence-corrected chi connectivity index (χ1v) is 8.69. The summed E-state index contributed by atoms with van der Waals surface area (Å²) in [5.41, 5.74) is 2.07. The first-order chi connectivity index (χ1) is 11.7. The highest BCUT2D eigenvalue weighted by Gasteiger charge is 2.18. The number of anilines is 1. The summed E-state index contributed by atoms with van der Waals surface area (Å²) < 4.78 is 2.18. The van der Waals surface area contributed by atoms with E-state index in [4.69, 9.17) is 0 Å². The Balaban J connectivity index is 1.49. The number of nitrogens with one attached hydrogen (secondary N) is 2. The van der Waals surface area contributed by atoms with Crippen molar-refractivity contribution in [3.8, 4) is 0 Å². The van der Waals surface area contributed by atoms with Gasteiger partial charge in [-0.2, -0.15) is 0 Å². The van der Waals surface area contributed by atoms with Gasteiger partial charge in [-0.05, 0) is 31.4 Å². The molecule has 0 saturated carbocycles. The highest BCUT2D eigenvalue weighted by molar-refractivity contribution is 5.91. The maximum absolute atomic E-state index is 12.3. The van der Waals surface area contributed by atoms with Crippen LogP contribution in [0.15, 0.2) is 24.3 Å². The van der Waals surface area contributed by atoms with Crippen molar-refractivity contribution in [2.45, 2.75) is 58.7 Å². The van der Waals surface area contributed by atoms with Gasteiger partial charge >= 0.3 is 0 Å². The van der Waals surface area contributed by atoms with E-state index in [1.54, 1.807) is 0 Å². The number of benzene rings is 1. The van der Waals surface area contributed by atoms with Gasteiger partial charge in [0.15, 0.2) is 0 Å². The van der Waals surface area contributed by atoms with Gasteiger partial charge in [-0.25, -0.2) is 0 Å². The summed E-state index contributed by atoms with van der Waals surface area (Å²) in [7, 11) is 0. The number of para-hydroxylation sites is 1. The van der Waals surface area contributed by atoms with Gasteiger partial charge in [0, 0.05) is 31.1 Å². The molecule has 2 aromatic rings. The summed E-state index contributed by atoms with van der Waals surface area (Å²) in [5, 5.41) is 14.8. The fourth-order valence-electron chi connectivity index (χ4n) is 3.11. The highest BCUT2D eigenvalue weighted by atomic mass is 16.1. The Morgan fingerprint density at radius 1 is 1.33 bits per heavy atom. The van der Waals surface area contributed by atoms with E-state index in [1.807, 2.05) is 31.2 Å². The molecular formula is C18H25N5O. The van der Waals surface area contributed by atoms with Gasteiger partial charge < -0.3 is 15.2 Å². The van der Waals surface area contributed by atoms with Crippen LogP contribution in [0.25, 0.3) is 0 Å². The molecule has 3 rings (SSSR count). The highest BCUT2D eigenvalue weighted by Crippen LogP contribution is 2.16. The molecule has 6 heteroatoms. The maximum atomic E-state index is 12.3. The van der Waals surface area contributed by atoms with E-state index >= 15 is 0 Å². The number of nitrogens with zero attached hydrogens (tertiary/aromatic N) is 3. The molecule has 0 spiro atoms. The molecule has 2 N–H and O–H groups in total. The van der Waals surface area contributed by atoms with Gasteiger partial charge in [-0.15, -0.1) is 10.2 Å². The number of fused-ring (bicyclic) bond motifs is 1. The largest absolute Gasteiger partial charge is 0.326 e. The lowest BCUT2D eigenvalue weighted by molar-refractivity contribution is -0.116. The molecular weight excluding hydrogens is 302 g/mol. The maximum Gasteiger partial charge on any atom is 0.225 e. The van der Waals surface area contributed by atoms with E-state index < -0.39 is 0 Å². The number of carbonyl (C=O) groups is 1. The van der Waals surface area contributed by atoms with Crippen LogP contribution in [0.1, 0.15) is 43.9 Å². The molecule has 1 aliphatic rings. The molecule has 1 amide bonds. The van der Waals surface area contributed by atoms with Crippen LogP contribution < -0.4 is 10.6 Å². The summed E-state index contributed by atoms with van der Waals surface area (Å²) in [6, 6.07) is 8.02. The quantitative estimate of drug-likeness (QED) is 0.818. The zero-order valence-corrected chi connectivity index (χ0v) is 14.4. The predicted octanol–water partition coefficient (Wildman–Crippen LogP) is 2.29. The summed E-state index contributed by atoms with van der Waals surface area (Å²) in [6.07, 6.45) is 3.50. The van der Waals surface area contributed by atoms with Gasteiger partial charge in [0.1, 0.15) is 11.6 Å². The lowest BCUT2D eigenvalue weighted by Crippen LogP contribution is -2.31. The molecule has 1 aliphatic heterocycles. The minimum absolute atomic E-state index is 0.0300. The van der Waals surface area contributed by atoms with E-state index in [-0.39, 0.29) is 11.9 Å².